The van der Waals surface area contributed by atoms with Crippen molar-refractivity contribution in [1.82, 2.24) is 0 Å². The summed E-state index contributed by atoms with van der Waals surface area (Å²) >= 11 is 0. The van der Waals surface area contributed by atoms with E-state index in [1.165, 1.54) is 16.7 Å². The van der Waals surface area contributed by atoms with Crippen LogP contribution in [0.15, 0.2) is 60.2 Å². The van der Waals surface area contributed by atoms with E-state index in [0.29, 0.717) is 6.54 Å². The first-order valence-corrected chi connectivity index (χ1v) is 7.37. The number of rotatable bonds is 2. The van der Waals surface area contributed by atoms with E-state index in [9.17, 15) is 4.79 Å². The van der Waals surface area contributed by atoms with Crippen molar-refractivity contribution in [3.63, 3.8) is 0 Å². The maximum Gasteiger partial charge on any atom is 0.258 e. The smallest absolute Gasteiger partial charge is 0.258 e. The fourth-order valence-electron chi connectivity index (χ4n) is 2.79. The lowest BCUT2D eigenvalue weighted by Crippen LogP contribution is -2.28. The third kappa shape index (κ3) is 2.38. The summed E-state index contributed by atoms with van der Waals surface area (Å²) in [6.45, 7) is 4.99. The van der Waals surface area contributed by atoms with Gasteiger partial charge in [0, 0.05) is 11.1 Å². The third-order valence-corrected chi connectivity index (χ3v) is 4.15. The minimum Gasteiger partial charge on any atom is -0.303 e. The van der Waals surface area contributed by atoms with Crippen LogP contribution in [-0.2, 0) is 0 Å². The molecule has 1 amide bonds. The molecule has 1 heterocycles. The van der Waals surface area contributed by atoms with Crippen molar-refractivity contribution in [2.45, 2.75) is 20.3 Å². The molecule has 21 heavy (non-hydrogen) atoms. The molecule has 2 aromatic rings. The summed E-state index contributed by atoms with van der Waals surface area (Å²) in [4.78, 5) is 14.7. The summed E-state index contributed by atoms with van der Waals surface area (Å²) in [5, 5.41) is 0. The zero-order chi connectivity index (χ0) is 14.8. The molecule has 0 aliphatic carbocycles. The van der Waals surface area contributed by atoms with Crippen LogP contribution in [0.3, 0.4) is 0 Å². The maximum absolute atomic E-state index is 12.8. The molecule has 2 aromatic carbocycles. The number of allylic oxidation sites excluding steroid dienone is 1. The van der Waals surface area contributed by atoms with Crippen molar-refractivity contribution in [3.05, 3.63) is 71.3 Å². The Hall–Kier alpha value is -2.35. The first-order chi connectivity index (χ1) is 10.2. The van der Waals surface area contributed by atoms with E-state index in [2.05, 4.69) is 19.9 Å². The summed E-state index contributed by atoms with van der Waals surface area (Å²) in [6.07, 6.45) is 1.01. The highest BCUT2D eigenvalue weighted by atomic mass is 16.2. The predicted octanol–water partition coefficient (Wildman–Crippen LogP) is 4.53. The molecule has 3 rings (SSSR count). The Bertz CT molecular complexity index is 701. The highest BCUT2D eigenvalue weighted by Crippen LogP contribution is 2.38. The van der Waals surface area contributed by atoms with Crippen LogP contribution in [0.25, 0.3) is 5.57 Å². The number of carbonyl (C=O) groups is 1. The lowest BCUT2D eigenvalue weighted by atomic mass is 10.0. The number of hydrogen-bond acceptors (Lipinski definition) is 1. The minimum absolute atomic E-state index is 0.0713. The van der Waals surface area contributed by atoms with Crippen LogP contribution in [0.2, 0.25) is 0 Å². The van der Waals surface area contributed by atoms with E-state index in [1.54, 1.807) is 0 Å². The number of para-hydroxylation sites is 1. The van der Waals surface area contributed by atoms with Gasteiger partial charge in [-0.15, -0.1) is 0 Å². The fourth-order valence-corrected chi connectivity index (χ4v) is 2.79. The Morgan fingerprint density at radius 3 is 2.43 bits per heavy atom. The van der Waals surface area contributed by atoms with Gasteiger partial charge >= 0.3 is 0 Å². The molecule has 0 spiro atoms. The minimum atomic E-state index is 0.0713. The Balaban J connectivity index is 2.05. The van der Waals surface area contributed by atoms with Crippen molar-refractivity contribution in [3.8, 4) is 0 Å². The molecule has 2 nitrogen and oxygen atoms in total. The molecular formula is C19H19NO. The number of hydrogen-bond donors (Lipinski definition) is 0. The summed E-state index contributed by atoms with van der Waals surface area (Å²) in [6, 6.07) is 17.7. The predicted molar refractivity (Wildman–Crippen MR) is 87.4 cm³/mol. The lowest BCUT2D eigenvalue weighted by molar-refractivity contribution is 0.0991. The Kier molecular flexibility index (Phi) is 3.61. The lowest BCUT2D eigenvalue weighted by Gasteiger charge is -2.17. The number of carbonyl (C=O) groups excluding carboxylic acids is 1. The summed E-state index contributed by atoms with van der Waals surface area (Å²) in [5.74, 6) is 0.0713. The van der Waals surface area contributed by atoms with E-state index in [4.69, 9.17) is 0 Å². The second-order valence-corrected chi connectivity index (χ2v) is 5.39. The first-order valence-electron chi connectivity index (χ1n) is 7.37. The van der Waals surface area contributed by atoms with Crippen molar-refractivity contribution in [2.75, 3.05) is 11.4 Å². The monoisotopic (exact) mass is 277 g/mol. The van der Waals surface area contributed by atoms with Gasteiger partial charge < -0.3 is 4.90 Å². The van der Waals surface area contributed by atoms with Crippen LogP contribution in [0.4, 0.5) is 5.69 Å². The zero-order valence-electron chi connectivity index (χ0n) is 12.5. The quantitative estimate of drug-likeness (QED) is 0.789. The third-order valence-electron chi connectivity index (χ3n) is 4.15. The number of fused-ring (bicyclic) bond motifs is 1. The van der Waals surface area contributed by atoms with E-state index < -0.39 is 0 Å². The number of anilines is 1. The molecule has 0 aromatic heterocycles. The average Bonchev–Trinajstić information content (AvgIpc) is 2.94. The summed E-state index contributed by atoms with van der Waals surface area (Å²) in [5.41, 5.74) is 5.60. The van der Waals surface area contributed by atoms with E-state index in [1.807, 2.05) is 53.4 Å². The van der Waals surface area contributed by atoms with Crippen LogP contribution in [0.1, 0.15) is 36.2 Å². The molecule has 1 aliphatic heterocycles. The van der Waals surface area contributed by atoms with Gasteiger partial charge in [-0.25, -0.2) is 0 Å². The number of amides is 1. The second kappa shape index (κ2) is 5.57. The van der Waals surface area contributed by atoms with Gasteiger partial charge in [0.1, 0.15) is 0 Å². The van der Waals surface area contributed by atoms with Gasteiger partial charge in [-0.3, -0.25) is 4.79 Å². The van der Waals surface area contributed by atoms with E-state index in [-0.39, 0.29) is 5.91 Å². The normalized spacial score (nSPS) is 15.8. The molecule has 0 N–H and O–H groups in total. The topological polar surface area (TPSA) is 20.3 Å². The standard InChI is InChI=1S/C19H19NO/c1-3-14(2)17-13-20(18-12-8-7-11-16(17)18)19(21)15-9-5-4-6-10-15/h4-12H,3,13H2,1-2H3/b17-14-. The van der Waals surface area contributed by atoms with E-state index in [0.717, 1.165) is 17.7 Å². The van der Waals surface area contributed by atoms with Crippen LogP contribution in [0.5, 0.6) is 0 Å². The average molecular weight is 277 g/mol. The molecule has 0 saturated heterocycles. The molecular weight excluding hydrogens is 258 g/mol. The van der Waals surface area contributed by atoms with Crippen LogP contribution < -0.4 is 4.90 Å². The Morgan fingerprint density at radius 2 is 1.71 bits per heavy atom. The molecule has 106 valence electrons. The van der Waals surface area contributed by atoms with Crippen molar-refractivity contribution < 1.29 is 4.79 Å². The zero-order valence-corrected chi connectivity index (χ0v) is 12.5. The van der Waals surface area contributed by atoms with Gasteiger partial charge in [0.05, 0.1) is 12.2 Å². The molecule has 1 aliphatic rings. The first kappa shape index (κ1) is 13.6. The van der Waals surface area contributed by atoms with Gasteiger partial charge in [0.15, 0.2) is 0 Å². The molecule has 0 saturated carbocycles. The maximum atomic E-state index is 12.8. The second-order valence-electron chi connectivity index (χ2n) is 5.39. The summed E-state index contributed by atoms with van der Waals surface area (Å²) in [7, 11) is 0. The number of nitrogens with zero attached hydrogens (tertiary/aromatic N) is 1. The van der Waals surface area contributed by atoms with Crippen LogP contribution in [0, 0.1) is 0 Å². The SMILES string of the molecule is CC/C(C)=C1/CN(C(=O)c2ccccc2)c2ccccc21. The van der Waals surface area contributed by atoms with Gasteiger partial charge in [0.2, 0.25) is 0 Å². The summed E-state index contributed by atoms with van der Waals surface area (Å²) < 4.78 is 0. The van der Waals surface area contributed by atoms with Gasteiger partial charge in [0.25, 0.3) is 5.91 Å². The van der Waals surface area contributed by atoms with E-state index >= 15 is 0 Å². The highest BCUT2D eigenvalue weighted by molar-refractivity contribution is 6.11. The van der Waals surface area contributed by atoms with Gasteiger partial charge in [-0.05, 0) is 37.1 Å². The van der Waals surface area contributed by atoms with Gasteiger partial charge in [-0.1, -0.05) is 48.9 Å². The van der Waals surface area contributed by atoms with Crippen molar-refractivity contribution in [2.24, 2.45) is 0 Å². The van der Waals surface area contributed by atoms with Crippen molar-refractivity contribution >= 4 is 17.2 Å². The molecule has 0 unspecified atom stereocenters. The van der Waals surface area contributed by atoms with Crippen molar-refractivity contribution in [1.29, 1.82) is 0 Å². The largest absolute Gasteiger partial charge is 0.303 e. The van der Waals surface area contributed by atoms with Crippen LogP contribution in [-0.4, -0.2) is 12.5 Å². The molecule has 0 radical (unpaired) electrons. The van der Waals surface area contributed by atoms with Crippen LogP contribution >= 0.6 is 0 Å². The number of benzene rings is 2. The molecule has 0 fully saturated rings. The highest BCUT2D eigenvalue weighted by Gasteiger charge is 2.29. The Morgan fingerprint density at radius 1 is 1.05 bits per heavy atom. The fraction of sp³-hybridized carbons (Fsp3) is 0.211. The molecule has 0 bridgehead atoms. The molecule has 0 atom stereocenters. The Labute approximate surface area is 125 Å². The van der Waals surface area contributed by atoms with Gasteiger partial charge in [-0.2, -0.15) is 0 Å². The molecule has 2 heteroatoms.